The van der Waals surface area contributed by atoms with Crippen LogP contribution in [-0.2, 0) is 19.6 Å². The fraction of sp³-hybridized carbons (Fsp3) is 0.188. The number of hydrogen-bond acceptors (Lipinski definition) is 4. The summed E-state index contributed by atoms with van der Waals surface area (Å²) in [7, 11) is -4.11. The van der Waals surface area contributed by atoms with Crippen molar-refractivity contribution in [1.82, 2.24) is 0 Å². The van der Waals surface area contributed by atoms with Gasteiger partial charge in [0.25, 0.3) is 10.0 Å². The van der Waals surface area contributed by atoms with Crippen LogP contribution >= 0.6 is 50.7 Å². The summed E-state index contributed by atoms with van der Waals surface area (Å²) in [6.45, 7) is 1.17. The highest BCUT2D eigenvalue weighted by Gasteiger charge is 2.30. The van der Waals surface area contributed by atoms with Crippen LogP contribution in [-0.4, -0.2) is 27.5 Å². The van der Waals surface area contributed by atoms with E-state index in [2.05, 4.69) is 15.9 Å². The fourth-order valence-corrected chi connectivity index (χ4v) is 4.44. The number of ether oxygens (including phenoxy) is 1. The SMILES string of the molecule is CCOC(=O)CN(c1cc(Cl)c(Cl)cc1Cl)S(=O)(=O)c1ccc(Br)cc1. The van der Waals surface area contributed by atoms with E-state index in [0.717, 1.165) is 4.31 Å². The van der Waals surface area contributed by atoms with Gasteiger partial charge in [0.1, 0.15) is 6.54 Å². The molecule has 0 spiro atoms. The third-order valence-electron chi connectivity index (χ3n) is 3.24. The van der Waals surface area contributed by atoms with Crippen molar-refractivity contribution >= 4 is 72.4 Å². The lowest BCUT2D eigenvalue weighted by Gasteiger charge is -2.25. The van der Waals surface area contributed by atoms with Crippen LogP contribution in [0.1, 0.15) is 6.92 Å². The van der Waals surface area contributed by atoms with Crippen LogP contribution in [0.2, 0.25) is 15.1 Å². The molecule has 0 aliphatic heterocycles. The van der Waals surface area contributed by atoms with Crippen LogP contribution in [0.5, 0.6) is 0 Å². The van der Waals surface area contributed by atoms with Crippen molar-refractivity contribution in [3.63, 3.8) is 0 Å². The van der Waals surface area contributed by atoms with Gasteiger partial charge in [-0.3, -0.25) is 9.10 Å². The number of rotatable bonds is 6. The number of halogens is 4. The van der Waals surface area contributed by atoms with Crippen molar-refractivity contribution in [1.29, 1.82) is 0 Å². The van der Waals surface area contributed by atoms with Gasteiger partial charge < -0.3 is 4.74 Å². The molecule has 10 heteroatoms. The lowest BCUT2D eigenvalue weighted by molar-refractivity contribution is -0.141. The smallest absolute Gasteiger partial charge is 0.326 e. The second-order valence-electron chi connectivity index (χ2n) is 4.99. The minimum atomic E-state index is -4.11. The van der Waals surface area contributed by atoms with Crippen molar-refractivity contribution in [2.45, 2.75) is 11.8 Å². The molecule has 0 amide bonds. The number of anilines is 1. The summed E-state index contributed by atoms with van der Waals surface area (Å²) < 4.78 is 32.6. The molecular weight excluding hydrogens is 489 g/mol. The molecule has 0 aromatic heterocycles. The number of carbonyl (C=O) groups is 1. The average molecular weight is 502 g/mol. The standard InChI is InChI=1S/C16H13BrCl3NO4S/c1-2-25-16(22)9-21(15-8-13(19)12(18)7-14(15)20)26(23,24)11-5-3-10(17)4-6-11/h3-8H,2,9H2,1H3. The summed E-state index contributed by atoms with van der Waals surface area (Å²) in [5.41, 5.74) is 0.0250. The molecule has 5 nitrogen and oxygen atoms in total. The average Bonchev–Trinajstić information content (AvgIpc) is 2.57. The van der Waals surface area contributed by atoms with E-state index >= 15 is 0 Å². The van der Waals surface area contributed by atoms with Crippen molar-refractivity contribution in [3.05, 3.63) is 55.9 Å². The highest BCUT2D eigenvalue weighted by molar-refractivity contribution is 9.10. The number of benzene rings is 2. The molecule has 2 aromatic rings. The second kappa shape index (κ2) is 8.80. The molecule has 0 atom stereocenters. The van der Waals surface area contributed by atoms with Crippen LogP contribution in [0.4, 0.5) is 5.69 Å². The van der Waals surface area contributed by atoms with Crippen LogP contribution in [0.3, 0.4) is 0 Å². The molecule has 26 heavy (non-hydrogen) atoms. The molecule has 0 saturated heterocycles. The Morgan fingerprint density at radius 2 is 1.65 bits per heavy atom. The molecule has 0 aliphatic carbocycles. The van der Waals surface area contributed by atoms with Gasteiger partial charge in [0, 0.05) is 4.47 Å². The lowest BCUT2D eigenvalue weighted by Crippen LogP contribution is -2.36. The molecular formula is C16H13BrCl3NO4S. The summed E-state index contributed by atoms with van der Waals surface area (Å²) in [6.07, 6.45) is 0. The van der Waals surface area contributed by atoms with E-state index in [4.69, 9.17) is 39.5 Å². The predicted molar refractivity (Wildman–Crippen MR) is 107 cm³/mol. The molecule has 0 N–H and O–H groups in total. The molecule has 2 aromatic carbocycles. The van der Waals surface area contributed by atoms with Crippen LogP contribution in [0.25, 0.3) is 0 Å². The van der Waals surface area contributed by atoms with Crippen molar-refractivity contribution in [2.24, 2.45) is 0 Å². The molecule has 2 rings (SSSR count). The maximum absolute atomic E-state index is 13.1. The normalized spacial score (nSPS) is 11.3. The van der Waals surface area contributed by atoms with E-state index < -0.39 is 22.5 Å². The minimum absolute atomic E-state index is 0.0212. The topological polar surface area (TPSA) is 63.7 Å². The van der Waals surface area contributed by atoms with E-state index in [1.807, 2.05) is 0 Å². The quantitative estimate of drug-likeness (QED) is 0.405. The third-order valence-corrected chi connectivity index (χ3v) is 6.57. The van der Waals surface area contributed by atoms with Crippen LogP contribution < -0.4 is 4.31 Å². The summed E-state index contributed by atoms with van der Waals surface area (Å²) in [4.78, 5) is 12.0. The predicted octanol–water partition coefficient (Wildman–Crippen LogP) is 5.17. The molecule has 0 bridgehead atoms. The molecule has 0 aliphatic rings. The van der Waals surface area contributed by atoms with Crippen LogP contribution in [0, 0.1) is 0 Å². The Kier molecular flexibility index (Phi) is 7.21. The zero-order chi connectivity index (χ0) is 19.5. The maximum Gasteiger partial charge on any atom is 0.326 e. The number of carbonyl (C=O) groups excluding carboxylic acids is 1. The Bertz CT molecular complexity index is 920. The Labute approximate surface area is 175 Å². The Hall–Kier alpha value is -0.990. The van der Waals surface area contributed by atoms with Crippen molar-refractivity contribution in [2.75, 3.05) is 17.5 Å². The molecule has 0 radical (unpaired) electrons. The summed E-state index contributed by atoms with van der Waals surface area (Å²) in [6, 6.07) is 8.57. The van der Waals surface area contributed by atoms with Gasteiger partial charge in [-0.2, -0.15) is 0 Å². The van der Waals surface area contributed by atoms with E-state index in [-0.39, 0.29) is 32.3 Å². The third kappa shape index (κ3) is 4.84. The monoisotopic (exact) mass is 499 g/mol. The highest BCUT2D eigenvalue weighted by atomic mass is 79.9. The largest absolute Gasteiger partial charge is 0.465 e. The first kappa shape index (κ1) is 21.3. The number of hydrogen-bond donors (Lipinski definition) is 0. The van der Waals surface area contributed by atoms with Gasteiger partial charge in [0.2, 0.25) is 0 Å². The first-order valence-electron chi connectivity index (χ1n) is 7.25. The van der Waals surface area contributed by atoms with Crippen LogP contribution in [0.15, 0.2) is 45.8 Å². The zero-order valence-corrected chi connectivity index (χ0v) is 18.0. The minimum Gasteiger partial charge on any atom is -0.465 e. The summed E-state index contributed by atoms with van der Waals surface area (Å²) in [5.74, 6) is -0.727. The maximum atomic E-state index is 13.1. The molecule has 0 heterocycles. The summed E-state index contributed by atoms with van der Waals surface area (Å²) >= 11 is 21.3. The molecule has 140 valence electrons. The number of nitrogens with zero attached hydrogens (tertiary/aromatic N) is 1. The Balaban J connectivity index is 2.59. The van der Waals surface area contributed by atoms with Gasteiger partial charge in [-0.15, -0.1) is 0 Å². The zero-order valence-electron chi connectivity index (χ0n) is 13.4. The highest BCUT2D eigenvalue weighted by Crippen LogP contribution is 2.37. The fourth-order valence-electron chi connectivity index (χ4n) is 2.06. The van der Waals surface area contributed by atoms with E-state index in [1.165, 1.54) is 24.3 Å². The van der Waals surface area contributed by atoms with Gasteiger partial charge in [0.15, 0.2) is 0 Å². The second-order valence-corrected chi connectivity index (χ2v) is 8.99. The number of sulfonamides is 1. The Morgan fingerprint density at radius 1 is 1.08 bits per heavy atom. The number of esters is 1. The van der Waals surface area contributed by atoms with E-state index in [1.54, 1.807) is 19.1 Å². The first-order valence-corrected chi connectivity index (χ1v) is 10.6. The summed E-state index contributed by atoms with van der Waals surface area (Å²) in [5, 5.41) is 0.299. The van der Waals surface area contributed by atoms with E-state index in [9.17, 15) is 13.2 Å². The van der Waals surface area contributed by atoms with Crippen molar-refractivity contribution in [3.8, 4) is 0 Å². The van der Waals surface area contributed by atoms with Gasteiger partial charge in [-0.25, -0.2) is 8.42 Å². The first-order chi connectivity index (χ1) is 12.2. The Morgan fingerprint density at radius 3 is 2.23 bits per heavy atom. The van der Waals surface area contributed by atoms with Crippen molar-refractivity contribution < 1.29 is 17.9 Å². The molecule has 0 saturated carbocycles. The van der Waals surface area contributed by atoms with Gasteiger partial charge in [-0.1, -0.05) is 50.7 Å². The van der Waals surface area contributed by atoms with E-state index in [0.29, 0.717) is 4.47 Å². The van der Waals surface area contributed by atoms with Gasteiger partial charge >= 0.3 is 5.97 Å². The van der Waals surface area contributed by atoms with Gasteiger partial charge in [0.05, 0.1) is 32.3 Å². The lowest BCUT2D eigenvalue weighted by atomic mass is 10.3. The molecule has 0 fully saturated rings. The van der Waals surface area contributed by atoms with Gasteiger partial charge in [-0.05, 0) is 43.3 Å². The molecule has 0 unspecified atom stereocenters.